The zero-order valence-electron chi connectivity index (χ0n) is 15.4. The lowest BCUT2D eigenvalue weighted by molar-refractivity contribution is 0.100. The number of carbonyl (C=O) groups excluding carboxylic acids is 1. The molecule has 2 heterocycles. The molecule has 1 amide bonds. The number of alkyl halides is 1. The molecule has 0 radical (unpaired) electrons. The van der Waals surface area contributed by atoms with Gasteiger partial charge in [0.25, 0.3) is 5.91 Å². The maximum Gasteiger partial charge on any atom is 0.253 e. The Kier molecular flexibility index (Phi) is 3.50. The monoisotopic (exact) mass is 368 g/mol. The van der Waals surface area contributed by atoms with E-state index in [4.69, 9.17) is 11.5 Å². The van der Waals surface area contributed by atoms with Crippen molar-refractivity contribution in [2.24, 2.45) is 5.73 Å². The number of amides is 1. The topological polar surface area (TPSA) is 107 Å². The molecule has 1 aliphatic carbocycles. The van der Waals surface area contributed by atoms with Gasteiger partial charge in [0, 0.05) is 16.7 Å². The quantitative estimate of drug-likeness (QED) is 0.659. The van der Waals surface area contributed by atoms with Crippen LogP contribution in [0.1, 0.15) is 45.6 Å². The van der Waals surface area contributed by atoms with Gasteiger partial charge in [-0.05, 0) is 51.3 Å². The van der Waals surface area contributed by atoms with Crippen molar-refractivity contribution in [3.05, 3.63) is 46.1 Å². The number of aromatic nitrogens is 2. The summed E-state index contributed by atoms with van der Waals surface area (Å²) in [6.07, 6.45) is 0.872. The van der Waals surface area contributed by atoms with Gasteiger partial charge in [-0.15, -0.1) is 0 Å². The molecule has 0 bridgehead atoms. The first kappa shape index (κ1) is 17.3. The summed E-state index contributed by atoms with van der Waals surface area (Å²) in [6, 6.07) is 5.00. The molecule has 6 nitrogen and oxygen atoms in total. The van der Waals surface area contributed by atoms with E-state index in [0.29, 0.717) is 46.4 Å². The van der Waals surface area contributed by atoms with Gasteiger partial charge < -0.3 is 16.6 Å². The number of aryl methyl sites for hydroxylation is 2. The molecule has 1 saturated carbocycles. The fraction of sp³-hybridized carbons (Fsp3) is 0.300. The van der Waals surface area contributed by atoms with Gasteiger partial charge >= 0.3 is 0 Å². The fourth-order valence-electron chi connectivity index (χ4n) is 3.81. The highest BCUT2D eigenvalue weighted by molar-refractivity contribution is 6.09. The van der Waals surface area contributed by atoms with Gasteiger partial charge in [0.2, 0.25) is 0 Å². The molecule has 7 heteroatoms. The molecule has 1 fully saturated rings. The molecule has 0 saturated heterocycles. The first-order valence-corrected chi connectivity index (χ1v) is 8.76. The average molecular weight is 368 g/mol. The Morgan fingerprint density at radius 3 is 2.56 bits per heavy atom. The maximum absolute atomic E-state index is 14.7. The van der Waals surface area contributed by atoms with Crippen molar-refractivity contribution < 1.29 is 14.3 Å². The van der Waals surface area contributed by atoms with E-state index < -0.39 is 11.6 Å². The van der Waals surface area contributed by atoms with E-state index in [1.54, 1.807) is 32.0 Å². The summed E-state index contributed by atoms with van der Waals surface area (Å²) >= 11 is 0. The van der Waals surface area contributed by atoms with E-state index in [-0.39, 0.29) is 17.0 Å². The number of primary amides is 1. The molecule has 3 aromatic rings. The largest absolute Gasteiger partial charge is 0.508 e. The van der Waals surface area contributed by atoms with Crippen LogP contribution >= 0.6 is 0 Å². The van der Waals surface area contributed by atoms with Crippen LogP contribution in [0.2, 0.25) is 0 Å². The number of rotatable bonds is 3. The number of nitrogens with zero attached hydrogens (tertiary/aromatic N) is 2. The molecule has 140 valence electrons. The van der Waals surface area contributed by atoms with Crippen molar-refractivity contribution in [2.75, 3.05) is 5.73 Å². The lowest BCUT2D eigenvalue weighted by Gasteiger charge is -2.14. The Bertz CT molecular complexity index is 1130. The third kappa shape index (κ3) is 2.38. The normalized spacial score (nSPS) is 15.3. The summed E-state index contributed by atoms with van der Waals surface area (Å²) in [7, 11) is 0. The van der Waals surface area contributed by atoms with Crippen LogP contribution < -0.4 is 11.5 Å². The first-order valence-electron chi connectivity index (χ1n) is 8.76. The van der Waals surface area contributed by atoms with E-state index in [0.717, 1.165) is 5.56 Å². The van der Waals surface area contributed by atoms with Crippen LogP contribution in [-0.4, -0.2) is 20.6 Å². The molecule has 27 heavy (non-hydrogen) atoms. The van der Waals surface area contributed by atoms with E-state index >= 15 is 0 Å². The number of aromatic hydroxyl groups is 1. The number of hydrogen-bond donors (Lipinski definition) is 3. The molecule has 1 aliphatic rings. The molecular weight excluding hydrogens is 347 g/mol. The summed E-state index contributed by atoms with van der Waals surface area (Å²) in [5, 5.41) is 14.7. The van der Waals surface area contributed by atoms with Gasteiger partial charge in [-0.25, -0.2) is 8.91 Å². The highest BCUT2D eigenvalue weighted by atomic mass is 19.1. The summed E-state index contributed by atoms with van der Waals surface area (Å²) in [6.45, 7) is 5.38. The maximum atomic E-state index is 14.7. The molecular formula is C20H21FN4O2. The number of fused-ring (bicyclic) bond motifs is 1. The predicted molar refractivity (Wildman–Crippen MR) is 101 cm³/mol. The Labute approximate surface area is 155 Å². The van der Waals surface area contributed by atoms with E-state index in [9.17, 15) is 14.3 Å². The first-order chi connectivity index (χ1) is 12.7. The zero-order chi connectivity index (χ0) is 19.7. The molecule has 0 spiro atoms. The standard InChI is InChI=1S/C20H21FN4O2/c1-9-4-5-14(26)10(2)15(9)18-17(22)16(19(23)27)13-8-12(20(21)6-7-20)11(3)24-25(13)18/h4-5,8,26H,6-7,22H2,1-3H3,(H2,23,27). The molecule has 0 unspecified atom stereocenters. The van der Waals surface area contributed by atoms with Gasteiger partial charge in [0.05, 0.1) is 28.2 Å². The van der Waals surface area contributed by atoms with Gasteiger partial charge in [0.15, 0.2) is 0 Å². The van der Waals surface area contributed by atoms with E-state index in [1.165, 1.54) is 4.52 Å². The molecule has 5 N–H and O–H groups in total. The zero-order valence-corrected chi connectivity index (χ0v) is 15.4. The van der Waals surface area contributed by atoms with Crippen LogP contribution in [0.25, 0.3) is 16.8 Å². The number of halogens is 1. The highest BCUT2D eigenvalue weighted by Crippen LogP contribution is 2.51. The van der Waals surface area contributed by atoms with E-state index in [1.807, 2.05) is 6.92 Å². The lowest BCUT2D eigenvalue weighted by atomic mass is 9.98. The van der Waals surface area contributed by atoms with Crippen LogP contribution in [-0.2, 0) is 5.67 Å². The molecule has 1 aromatic carbocycles. The van der Waals surface area contributed by atoms with Crippen molar-refractivity contribution in [1.82, 2.24) is 9.61 Å². The summed E-state index contributed by atoms with van der Waals surface area (Å²) < 4.78 is 16.3. The summed E-state index contributed by atoms with van der Waals surface area (Å²) in [5.41, 5.74) is 14.8. The summed E-state index contributed by atoms with van der Waals surface area (Å²) in [4.78, 5) is 12.1. The van der Waals surface area contributed by atoms with Crippen molar-refractivity contribution in [3.63, 3.8) is 0 Å². The number of nitrogen functional groups attached to an aromatic ring is 1. The van der Waals surface area contributed by atoms with Crippen LogP contribution in [0.15, 0.2) is 18.2 Å². The number of phenols is 1. The SMILES string of the molecule is Cc1ccc(O)c(C)c1-c1c(N)c(C(N)=O)c2cc(C3(F)CC3)c(C)nn12. The van der Waals surface area contributed by atoms with Crippen molar-refractivity contribution in [3.8, 4) is 17.0 Å². The van der Waals surface area contributed by atoms with Gasteiger partial charge in [-0.2, -0.15) is 5.10 Å². The van der Waals surface area contributed by atoms with Crippen LogP contribution in [0.5, 0.6) is 5.75 Å². The molecule has 0 aliphatic heterocycles. The summed E-state index contributed by atoms with van der Waals surface area (Å²) in [5.74, 6) is -0.591. The second kappa shape index (κ2) is 5.45. The smallest absolute Gasteiger partial charge is 0.253 e. The number of phenolic OH excluding ortho intramolecular Hbond substituents is 1. The average Bonchev–Trinajstić information content (AvgIpc) is 3.27. The third-order valence-electron chi connectivity index (χ3n) is 5.44. The van der Waals surface area contributed by atoms with Crippen molar-refractivity contribution in [1.29, 1.82) is 0 Å². The number of carbonyl (C=O) groups is 1. The number of anilines is 1. The number of hydrogen-bond acceptors (Lipinski definition) is 4. The van der Waals surface area contributed by atoms with Gasteiger partial charge in [0.1, 0.15) is 11.4 Å². The van der Waals surface area contributed by atoms with Gasteiger partial charge in [-0.3, -0.25) is 4.79 Å². The van der Waals surface area contributed by atoms with Crippen molar-refractivity contribution >= 4 is 17.1 Å². The van der Waals surface area contributed by atoms with Crippen LogP contribution in [0.3, 0.4) is 0 Å². The number of nitrogens with two attached hydrogens (primary N) is 2. The number of benzene rings is 1. The van der Waals surface area contributed by atoms with E-state index in [2.05, 4.69) is 5.10 Å². The minimum absolute atomic E-state index is 0.111. The van der Waals surface area contributed by atoms with Gasteiger partial charge in [-0.1, -0.05) is 6.07 Å². The van der Waals surface area contributed by atoms with Crippen LogP contribution in [0.4, 0.5) is 10.1 Å². The lowest BCUT2D eigenvalue weighted by Crippen LogP contribution is -2.13. The Morgan fingerprint density at radius 2 is 1.96 bits per heavy atom. The fourth-order valence-corrected chi connectivity index (χ4v) is 3.81. The second-order valence-corrected chi connectivity index (χ2v) is 7.31. The Morgan fingerprint density at radius 1 is 1.30 bits per heavy atom. The Hall–Kier alpha value is -3.09. The molecule has 2 aromatic heterocycles. The van der Waals surface area contributed by atoms with Crippen LogP contribution in [0, 0.1) is 20.8 Å². The second-order valence-electron chi connectivity index (χ2n) is 7.31. The Balaban J connectivity index is 2.14. The predicted octanol–water partition coefficient (Wildman–Crippen LogP) is 3.27. The molecule has 4 rings (SSSR count). The third-order valence-corrected chi connectivity index (χ3v) is 5.44. The minimum Gasteiger partial charge on any atom is -0.508 e. The molecule has 0 atom stereocenters. The minimum atomic E-state index is -1.40. The highest BCUT2D eigenvalue weighted by Gasteiger charge is 2.47. The van der Waals surface area contributed by atoms with Crippen molar-refractivity contribution in [2.45, 2.75) is 39.3 Å².